The highest BCUT2D eigenvalue weighted by molar-refractivity contribution is 7.98. The molecule has 7 nitrogen and oxygen atoms in total. The van der Waals surface area contributed by atoms with Gasteiger partial charge in [0.1, 0.15) is 16.2 Å². The van der Waals surface area contributed by atoms with Crippen LogP contribution in [0.5, 0.6) is 0 Å². The van der Waals surface area contributed by atoms with Crippen molar-refractivity contribution in [1.29, 1.82) is 0 Å². The van der Waals surface area contributed by atoms with Crippen molar-refractivity contribution in [3.05, 3.63) is 42.7 Å². The van der Waals surface area contributed by atoms with Crippen molar-refractivity contribution in [2.75, 3.05) is 0 Å². The number of nitrogens with zero attached hydrogens (tertiary/aromatic N) is 5. The Bertz CT molecular complexity index is 1130. The van der Waals surface area contributed by atoms with Gasteiger partial charge in [0.25, 0.3) is 5.56 Å². The van der Waals surface area contributed by atoms with E-state index in [0.717, 1.165) is 34.5 Å². The normalized spacial score (nSPS) is 11.7. The van der Waals surface area contributed by atoms with E-state index in [2.05, 4.69) is 22.3 Å². The molecule has 0 radical (unpaired) electrons. The van der Waals surface area contributed by atoms with Crippen LogP contribution in [0.25, 0.3) is 11.0 Å². The van der Waals surface area contributed by atoms with Gasteiger partial charge in [0.2, 0.25) is 0 Å². The fourth-order valence-corrected chi connectivity index (χ4v) is 4.95. The standard InChI is InChI=1S/C20H27N5O2S2/c1-6-8-14-21-13(10-28-14)11-29-18-15-17(22-16(23-18)12(3)4)25(9-7-2)20(27)24(5)19(15)26/h10,12H,6-9,11H2,1-5H3. The molecule has 0 amide bonds. The third-order valence-electron chi connectivity index (χ3n) is 4.55. The van der Waals surface area contributed by atoms with Gasteiger partial charge in [-0.1, -0.05) is 39.5 Å². The van der Waals surface area contributed by atoms with E-state index in [4.69, 9.17) is 4.98 Å². The van der Waals surface area contributed by atoms with Gasteiger partial charge >= 0.3 is 5.69 Å². The number of aromatic nitrogens is 5. The third kappa shape index (κ3) is 4.45. The average molecular weight is 434 g/mol. The fourth-order valence-electron chi connectivity index (χ4n) is 3.03. The van der Waals surface area contributed by atoms with Crippen LogP contribution in [0.3, 0.4) is 0 Å². The Morgan fingerprint density at radius 3 is 2.55 bits per heavy atom. The molecule has 3 aromatic heterocycles. The molecule has 0 aliphatic carbocycles. The summed E-state index contributed by atoms with van der Waals surface area (Å²) in [4.78, 5) is 39.6. The lowest BCUT2D eigenvalue weighted by atomic mass is 10.2. The van der Waals surface area contributed by atoms with Crippen LogP contribution in [0.1, 0.15) is 63.0 Å². The van der Waals surface area contributed by atoms with Crippen LogP contribution in [0.15, 0.2) is 20.0 Å². The molecule has 0 aliphatic rings. The van der Waals surface area contributed by atoms with Crippen molar-refractivity contribution >= 4 is 34.1 Å². The van der Waals surface area contributed by atoms with Crippen LogP contribution >= 0.6 is 23.1 Å². The first-order valence-electron chi connectivity index (χ1n) is 9.94. The lowest BCUT2D eigenvalue weighted by Crippen LogP contribution is -2.39. The summed E-state index contributed by atoms with van der Waals surface area (Å²) in [7, 11) is 1.51. The summed E-state index contributed by atoms with van der Waals surface area (Å²) >= 11 is 3.15. The van der Waals surface area contributed by atoms with Gasteiger partial charge in [-0.05, 0) is 19.3 Å². The number of aryl methyl sites for hydroxylation is 2. The fraction of sp³-hybridized carbons (Fsp3) is 0.550. The molecule has 0 aromatic carbocycles. The molecule has 0 N–H and O–H groups in total. The summed E-state index contributed by atoms with van der Waals surface area (Å²) < 4.78 is 2.75. The molecule has 0 fully saturated rings. The number of hydrogen-bond acceptors (Lipinski definition) is 7. The highest BCUT2D eigenvalue weighted by Gasteiger charge is 2.20. The van der Waals surface area contributed by atoms with Gasteiger partial charge in [0, 0.05) is 30.6 Å². The van der Waals surface area contributed by atoms with E-state index in [1.54, 1.807) is 15.9 Å². The largest absolute Gasteiger partial charge is 0.332 e. The second kappa shape index (κ2) is 9.21. The Hall–Kier alpha value is -2.00. The Balaban J connectivity index is 2.13. The smallest absolute Gasteiger partial charge is 0.277 e. The molecule has 3 rings (SSSR count). The SMILES string of the molecule is CCCc1nc(CSc2nc(C(C)C)nc3c2c(=O)n(C)c(=O)n3CCC)cs1. The summed E-state index contributed by atoms with van der Waals surface area (Å²) in [5.74, 6) is 1.35. The topological polar surface area (TPSA) is 82.7 Å². The van der Waals surface area contributed by atoms with Crippen molar-refractivity contribution in [1.82, 2.24) is 24.1 Å². The second-order valence-electron chi connectivity index (χ2n) is 7.31. The van der Waals surface area contributed by atoms with Gasteiger partial charge < -0.3 is 0 Å². The Kier molecular flexibility index (Phi) is 6.89. The van der Waals surface area contributed by atoms with Crippen molar-refractivity contribution < 1.29 is 0 Å². The van der Waals surface area contributed by atoms with E-state index >= 15 is 0 Å². The van der Waals surface area contributed by atoms with E-state index in [-0.39, 0.29) is 17.2 Å². The highest BCUT2D eigenvalue weighted by Crippen LogP contribution is 2.28. The van der Waals surface area contributed by atoms with Crippen molar-refractivity contribution in [2.24, 2.45) is 7.05 Å². The minimum atomic E-state index is -0.347. The average Bonchev–Trinajstić information content (AvgIpc) is 3.15. The Morgan fingerprint density at radius 1 is 1.14 bits per heavy atom. The molecule has 0 spiro atoms. The van der Waals surface area contributed by atoms with Gasteiger partial charge in [-0.3, -0.25) is 13.9 Å². The first-order valence-corrected chi connectivity index (χ1v) is 11.8. The molecule has 0 atom stereocenters. The number of thiazole rings is 1. The zero-order chi connectivity index (χ0) is 21.1. The number of thioether (sulfide) groups is 1. The van der Waals surface area contributed by atoms with E-state index in [1.165, 1.54) is 18.8 Å². The summed E-state index contributed by atoms with van der Waals surface area (Å²) in [5, 5.41) is 4.23. The molecule has 156 valence electrons. The summed E-state index contributed by atoms with van der Waals surface area (Å²) in [6.07, 6.45) is 2.82. The molecule has 0 saturated carbocycles. The quantitative estimate of drug-likeness (QED) is 0.398. The molecule has 3 aromatic rings. The molecule has 0 unspecified atom stereocenters. The van der Waals surface area contributed by atoms with Crippen LogP contribution in [0.4, 0.5) is 0 Å². The predicted octanol–water partition coefficient (Wildman–Crippen LogP) is 3.72. The second-order valence-corrected chi connectivity index (χ2v) is 9.22. The van der Waals surface area contributed by atoms with Crippen LogP contribution in [0.2, 0.25) is 0 Å². The van der Waals surface area contributed by atoms with Gasteiger partial charge in [-0.15, -0.1) is 11.3 Å². The van der Waals surface area contributed by atoms with E-state index in [9.17, 15) is 9.59 Å². The van der Waals surface area contributed by atoms with Crippen molar-refractivity contribution in [3.8, 4) is 0 Å². The lowest BCUT2D eigenvalue weighted by Gasteiger charge is -2.14. The lowest BCUT2D eigenvalue weighted by molar-refractivity contribution is 0.603. The molecular formula is C20H27N5O2S2. The highest BCUT2D eigenvalue weighted by atomic mass is 32.2. The number of fused-ring (bicyclic) bond motifs is 1. The maximum atomic E-state index is 13.0. The van der Waals surface area contributed by atoms with Crippen LogP contribution in [-0.2, 0) is 25.8 Å². The van der Waals surface area contributed by atoms with Gasteiger partial charge in [-0.25, -0.2) is 19.7 Å². The third-order valence-corrected chi connectivity index (χ3v) is 6.52. The molecule has 3 heterocycles. The maximum absolute atomic E-state index is 13.0. The zero-order valence-electron chi connectivity index (χ0n) is 17.6. The van der Waals surface area contributed by atoms with E-state index in [0.29, 0.717) is 34.2 Å². The van der Waals surface area contributed by atoms with Crippen LogP contribution < -0.4 is 11.2 Å². The van der Waals surface area contributed by atoms with E-state index in [1.807, 2.05) is 20.8 Å². The minimum absolute atomic E-state index is 0.0865. The van der Waals surface area contributed by atoms with Crippen molar-refractivity contribution in [2.45, 2.75) is 70.2 Å². The maximum Gasteiger partial charge on any atom is 0.332 e. The zero-order valence-corrected chi connectivity index (χ0v) is 19.2. The molecular weight excluding hydrogens is 406 g/mol. The summed E-state index contributed by atoms with van der Waals surface area (Å²) in [5.41, 5.74) is 0.739. The summed E-state index contributed by atoms with van der Waals surface area (Å²) in [6.45, 7) is 8.67. The number of hydrogen-bond donors (Lipinski definition) is 0. The first kappa shape index (κ1) is 21.7. The first-order chi connectivity index (χ1) is 13.9. The van der Waals surface area contributed by atoms with E-state index < -0.39 is 0 Å². The van der Waals surface area contributed by atoms with Crippen LogP contribution in [-0.4, -0.2) is 24.1 Å². The van der Waals surface area contributed by atoms with Crippen LogP contribution in [0, 0.1) is 0 Å². The molecule has 9 heteroatoms. The molecule has 0 aliphatic heterocycles. The molecule has 0 bridgehead atoms. The minimum Gasteiger partial charge on any atom is -0.277 e. The van der Waals surface area contributed by atoms with Gasteiger partial charge in [0.05, 0.1) is 10.7 Å². The summed E-state index contributed by atoms with van der Waals surface area (Å²) in [6, 6.07) is 0. The van der Waals surface area contributed by atoms with Crippen molar-refractivity contribution in [3.63, 3.8) is 0 Å². The molecule has 29 heavy (non-hydrogen) atoms. The van der Waals surface area contributed by atoms with Gasteiger partial charge in [0.15, 0.2) is 5.65 Å². The number of rotatable bonds is 8. The molecule has 0 saturated heterocycles. The monoisotopic (exact) mass is 433 g/mol. The Labute approximate surface area is 178 Å². The predicted molar refractivity (Wildman–Crippen MR) is 119 cm³/mol. The Morgan fingerprint density at radius 2 is 1.90 bits per heavy atom. The van der Waals surface area contributed by atoms with Gasteiger partial charge in [-0.2, -0.15) is 0 Å².